The molecule has 3 N–H and O–H groups in total. The number of nitrogens with zero attached hydrogens (tertiary/aromatic N) is 1. The molecule has 0 bridgehead atoms. The lowest BCUT2D eigenvalue weighted by atomic mass is 9.98. The zero-order valence-corrected chi connectivity index (χ0v) is 24.8. The summed E-state index contributed by atoms with van der Waals surface area (Å²) in [6.45, 7) is 7.20. The molecule has 2 amide bonds. The summed E-state index contributed by atoms with van der Waals surface area (Å²) in [5.41, 5.74) is 8.39. The van der Waals surface area contributed by atoms with Crippen LogP contribution in [0.2, 0.25) is 0 Å². The third-order valence-electron chi connectivity index (χ3n) is 8.31. The van der Waals surface area contributed by atoms with E-state index in [0.717, 1.165) is 36.4 Å². The van der Waals surface area contributed by atoms with Crippen molar-refractivity contribution in [3.8, 4) is 0 Å². The van der Waals surface area contributed by atoms with Crippen molar-refractivity contribution in [3.63, 3.8) is 0 Å². The Labute approximate surface area is 253 Å². The van der Waals surface area contributed by atoms with Gasteiger partial charge in [0.1, 0.15) is 0 Å². The Balaban J connectivity index is 1.32. The second-order valence-electron chi connectivity index (χ2n) is 11.6. The maximum atomic E-state index is 13.5. The highest BCUT2D eigenvalue weighted by molar-refractivity contribution is 6.37. The number of nitrogens with one attached hydrogen (secondary N) is 3. The van der Waals surface area contributed by atoms with Crippen LogP contribution in [0.25, 0.3) is 11.3 Å². The maximum Gasteiger partial charge on any atom is 0.258 e. The number of hydrogen-bond donors (Lipinski definition) is 3. The van der Waals surface area contributed by atoms with E-state index in [9.17, 15) is 9.59 Å². The number of carbonyl (C=O) groups is 2. The molecule has 0 aliphatic carbocycles. The molecule has 0 spiro atoms. The summed E-state index contributed by atoms with van der Waals surface area (Å²) in [4.78, 5) is 29.4. The number of fused-ring (bicyclic) bond motifs is 1. The van der Waals surface area contributed by atoms with Gasteiger partial charge in [0.25, 0.3) is 11.8 Å². The van der Waals surface area contributed by atoms with E-state index in [1.807, 2.05) is 86.6 Å². The second kappa shape index (κ2) is 12.7. The summed E-state index contributed by atoms with van der Waals surface area (Å²) < 4.78 is 0. The first-order valence-electron chi connectivity index (χ1n) is 15.2. The summed E-state index contributed by atoms with van der Waals surface area (Å²) in [7, 11) is 0. The fourth-order valence-corrected chi connectivity index (χ4v) is 5.93. The average Bonchev–Trinajstić information content (AvgIpc) is 3.36. The van der Waals surface area contributed by atoms with Gasteiger partial charge in [-0.25, -0.2) is 0 Å². The van der Waals surface area contributed by atoms with Gasteiger partial charge in [-0.1, -0.05) is 78.7 Å². The lowest BCUT2D eigenvalue weighted by Gasteiger charge is -2.26. The molecular formula is C37H38N4O2. The summed E-state index contributed by atoms with van der Waals surface area (Å²) in [5, 5.41) is 9.71. The Bertz CT molecular complexity index is 1650. The lowest BCUT2D eigenvalue weighted by Crippen LogP contribution is -2.29. The first kappa shape index (κ1) is 28.4. The largest absolute Gasteiger partial charge is 0.354 e. The molecule has 2 heterocycles. The van der Waals surface area contributed by atoms with Crippen LogP contribution in [0.15, 0.2) is 97.1 Å². The number of carbonyl (C=O) groups excluding carboxylic acids is 2. The molecule has 1 atom stereocenters. The molecule has 0 aromatic heterocycles. The number of rotatable bonds is 8. The molecule has 6 heteroatoms. The van der Waals surface area contributed by atoms with Crippen LogP contribution in [-0.4, -0.2) is 29.8 Å². The molecule has 2 aliphatic heterocycles. The molecule has 1 fully saturated rings. The lowest BCUT2D eigenvalue weighted by molar-refractivity contribution is -0.110. The van der Waals surface area contributed by atoms with Crippen molar-refractivity contribution in [2.75, 3.05) is 23.7 Å². The van der Waals surface area contributed by atoms with Crippen LogP contribution in [0, 0.1) is 6.92 Å². The summed E-state index contributed by atoms with van der Waals surface area (Å²) in [6.07, 6.45) is 3.81. The third-order valence-corrected chi connectivity index (χ3v) is 8.31. The number of anilines is 2. The Morgan fingerprint density at radius 3 is 2.40 bits per heavy atom. The third kappa shape index (κ3) is 6.55. The number of hydrogen-bond acceptors (Lipinski definition) is 4. The standard InChI is InChI=1S/C37H38N4O2/c1-25-14-16-28(17-15-25)26(2)38-36(42)30-18-19-33-32(23-30)34(37(43)40-33)35(29-11-5-3-6-12-29)39-31-13-9-10-27(22-31)24-41-20-7-4-8-21-41/h3,5-6,9-19,22-23,26,39H,4,7-8,20-21,24H2,1-2H3,(H,38,42)(H,40,43)/b35-34-/t26-/m1/s1. The molecule has 6 rings (SSSR count). The minimum atomic E-state index is -0.198. The number of amides is 2. The molecule has 6 nitrogen and oxygen atoms in total. The Hall–Kier alpha value is -4.68. The van der Waals surface area contributed by atoms with Crippen molar-refractivity contribution in [3.05, 3.63) is 130 Å². The van der Waals surface area contributed by atoms with Crippen LogP contribution in [0.1, 0.15) is 70.4 Å². The number of benzene rings is 4. The van der Waals surface area contributed by atoms with Gasteiger partial charge in [-0.2, -0.15) is 0 Å². The Morgan fingerprint density at radius 2 is 1.63 bits per heavy atom. The van der Waals surface area contributed by atoms with Crippen molar-refractivity contribution >= 4 is 34.5 Å². The number of piperidine rings is 1. The predicted molar refractivity (Wildman–Crippen MR) is 175 cm³/mol. The quantitative estimate of drug-likeness (QED) is 0.193. The van der Waals surface area contributed by atoms with E-state index in [4.69, 9.17) is 0 Å². The molecule has 4 aromatic rings. The number of aryl methyl sites for hydroxylation is 1. The zero-order chi connectivity index (χ0) is 29.8. The topological polar surface area (TPSA) is 73.5 Å². The summed E-state index contributed by atoms with van der Waals surface area (Å²) in [6, 6.07) is 31.7. The van der Waals surface area contributed by atoms with Crippen LogP contribution in [0.3, 0.4) is 0 Å². The van der Waals surface area contributed by atoms with Crippen LogP contribution < -0.4 is 16.0 Å². The monoisotopic (exact) mass is 570 g/mol. The minimum absolute atomic E-state index is 0.158. The SMILES string of the molecule is Cc1ccc([C@@H](C)NC(=O)c2ccc3c(c2)/C(=C(/Nc2cccc(CN4CCCCC4)c2)c2ccccc2)C(=O)N3)cc1. The van der Waals surface area contributed by atoms with Gasteiger partial charge in [-0.15, -0.1) is 0 Å². The van der Waals surface area contributed by atoms with Gasteiger partial charge in [0, 0.05) is 29.0 Å². The molecule has 43 heavy (non-hydrogen) atoms. The van der Waals surface area contributed by atoms with Crippen LogP contribution in [0.5, 0.6) is 0 Å². The molecule has 1 saturated heterocycles. The first-order chi connectivity index (χ1) is 20.9. The van der Waals surface area contributed by atoms with E-state index < -0.39 is 0 Å². The Kier molecular flexibility index (Phi) is 8.38. The van der Waals surface area contributed by atoms with Crippen molar-refractivity contribution in [2.24, 2.45) is 0 Å². The highest BCUT2D eigenvalue weighted by atomic mass is 16.2. The summed E-state index contributed by atoms with van der Waals surface area (Å²) in [5.74, 6) is -0.384. The van der Waals surface area contributed by atoms with Gasteiger partial charge >= 0.3 is 0 Å². The molecule has 0 radical (unpaired) electrons. The maximum absolute atomic E-state index is 13.5. The smallest absolute Gasteiger partial charge is 0.258 e. The van der Waals surface area contributed by atoms with Crippen molar-refractivity contribution in [2.45, 2.75) is 45.7 Å². The van der Waals surface area contributed by atoms with Crippen molar-refractivity contribution < 1.29 is 9.59 Å². The van der Waals surface area contributed by atoms with Gasteiger partial charge in [0.05, 0.1) is 17.3 Å². The van der Waals surface area contributed by atoms with Gasteiger partial charge in [-0.3, -0.25) is 14.5 Å². The van der Waals surface area contributed by atoms with E-state index in [0.29, 0.717) is 28.1 Å². The molecule has 2 aliphatic rings. The first-order valence-corrected chi connectivity index (χ1v) is 15.2. The van der Waals surface area contributed by atoms with Gasteiger partial charge in [0.2, 0.25) is 0 Å². The molecule has 4 aromatic carbocycles. The van der Waals surface area contributed by atoms with E-state index in [-0.39, 0.29) is 17.9 Å². The molecular weight excluding hydrogens is 532 g/mol. The van der Waals surface area contributed by atoms with E-state index in [1.165, 1.54) is 30.4 Å². The van der Waals surface area contributed by atoms with Gasteiger partial charge in [0.15, 0.2) is 0 Å². The van der Waals surface area contributed by atoms with Gasteiger partial charge < -0.3 is 16.0 Å². The van der Waals surface area contributed by atoms with Crippen LogP contribution in [-0.2, 0) is 11.3 Å². The highest BCUT2D eigenvalue weighted by Crippen LogP contribution is 2.38. The number of likely N-dealkylation sites (tertiary alicyclic amines) is 1. The minimum Gasteiger partial charge on any atom is -0.354 e. The van der Waals surface area contributed by atoms with Gasteiger partial charge in [-0.05, 0) is 86.8 Å². The fourth-order valence-electron chi connectivity index (χ4n) is 5.93. The fraction of sp³-hybridized carbons (Fsp3) is 0.243. The van der Waals surface area contributed by atoms with Crippen LogP contribution in [0.4, 0.5) is 11.4 Å². The zero-order valence-electron chi connectivity index (χ0n) is 24.8. The van der Waals surface area contributed by atoms with Crippen molar-refractivity contribution in [1.29, 1.82) is 0 Å². The van der Waals surface area contributed by atoms with Crippen molar-refractivity contribution in [1.82, 2.24) is 10.2 Å². The molecule has 0 saturated carbocycles. The highest BCUT2D eigenvalue weighted by Gasteiger charge is 2.29. The van der Waals surface area contributed by atoms with E-state index in [1.54, 1.807) is 6.07 Å². The van der Waals surface area contributed by atoms with E-state index in [2.05, 4.69) is 39.0 Å². The second-order valence-corrected chi connectivity index (χ2v) is 11.6. The normalized spacial score (nSPS) is 16.7. The van der Waals surface area contributed by atoms with E-state index >= 15 is 0 Å². The average molecular weight is 571 g/mol. The molecule has 0 unspecified atom stereocenters. The summed E-state index contributed by atoms with van der Waals surface area (Å²) >= 11 is 0. The Morgan fingerprint density at radius 1 is 0.860 bits per heavy atom. The molecule has 218 valence electrons. The van der Waals surface area contributed by atoms with Crippen LogP contribution >= 0.6 is 0 Å². The predicted octanol–water partition coefficient (Wildman–Crippen LogP) is 7.40.